The van der Waals surface area contributed by atoms with E-state index in [0.717, 1.165) is 0 Å². The maximum Gasteiger partial charge on any atom is 0.408 e. The average Bonchev–Trinajstić information content (AvgIpc) is 3.14. The number of nitrogens with one attached hydrogen (secondary N) is 1. The highest BCUT2D eigenvalue weighted by Crippen LogP contribution is 2.65. The number of aliphatic hydroxyl groups is 1. The Kier molecular flexibility index (Phi) is 10.2. The summed E-state index contributed by atoms with van der Waals surface area (Å²) in [6.07, 6.45) is 6.22. The zero-order chi connectivity index (χ0) is 29.9. The number of likely N-dealkylation sites (tertiary alicyclic amines) is 1. The lowest BCUT2D eigenvalue weighted by Gasteiger charge is -2.38. The highest BCUT2D eigenvalue weighted by atomic mass is 16.6. The minimum Gasteiger partial charge on any atom is -0.444 e. The molecule has 1 aliphatic carbocycles. The number of Topliss-reactive ketones (excluding diaryl/α,β-unsaturated/α-hetero) is 2. The van der Waals surface area contributed by atoms with Crippen LogP contribution >= 0.6 is 0 Å². The van der Waals surface area contributed by atoms with Gasteiger partial charge in [0.25, 0.3) is 0 Å². The number of aliphatic hydroxyl groups excluding tert-OH is 1. The lowest BCUT2D eigenvalue weighted by Crippen LogP contribution is -2.58. The number of carbonyl (C=O) groups excluding carboxylic acids is 4. The molecule has 39 heavy (non-hydrogen) atoms. The summed E-state index contributed by atoms with van der Waals surface area (Å²) in [4.78, 5) is 54.7. The van der Waals surface area contributed by atoms with Crippen LogP contribution in [-0.4, -0.2) is 63.9 Å². The Balaban J connectivity index is 2.32. The normalized spacial score (nSPS) is 24.0. The van der Waals surface area contributed by atoms with Crippen LogP contribution < -0.4 is 5.32 Å². The number of hydrogen-bond acceptors (Lipinski definition) is 6. The summed E-state index contributed by atoms with van der Waals surface area (Å²) in [6.45, 7) is 19.0. The van der Waals surface area contributed by atoms with Crippen LogP contribution in [0.5, 0.6) is 0 Å². The van der Waals surface area contributed by atoms with Crippen molar-refractivity contribution in [2.24, 2.45) is 28.6 Å². The Morgan fingerprint density at radius 3 is 2.33 bits per heavy atom. The third-order valence-corrected chi connectivity index (χ3v) is 8.09. The van der Waals surface area contributed by atoms with E-state index in [4.69, 9.17) is 11.2 Å². The molecule has 0 spiro atoms. The van der Waals surface area contributed by atoms with Crippen LogP contribution in [0.1, 0.15) is 87.5 Å². The standard InChI is InChI=1S/C31H48N2O6/c1-11-13-15-19(25(36)21(34)16-14-12-2)17-22(35)24-23-20(31(23,9)10)18-33(24)27(37)26(29(3,4)5)32-28(38)39-30(6,7)8/h1,12,19-20,23-26,36H,2,13-18H2,3-10H3,(H,32,38)/t19?,20?,23-,24+,25?,26+/m0/s1. The molecule has 2 rings (SSSR count). The quantitative estimate of drug-likeness (QED) is 0.280. The first-order valence-electron chi connectivity index (χ1n) is 13.9. The van der Waals surface area contributed by atoms with E-state index in [1.54, 1.807) is 31.7 Å². The second kappa shape index (κ2) is 12.2. The number of hydrogen-bond donors (Lipinski definition) is 2. The minimum absolute atomic E-state index is 0.0296. The molecule has 2 fully saturated rings. The molecule has 2 amide bonds. The second-order valence-electron chi connectivity index (χ2n) is 13.7. The number of ether oxygens (including phenoxy) is 1. The van der Waals surface area contributed by atoms with Gasteiger partial charge >= 0.3 is 6.09 Å². The third-order valence-electron chi connectivity index (χ3n) is 8.09. The van der Waals surface area contributed by atoms with Gasteiger partial charge in [-0.05, 0) is 62.2 Å². The summed E-state index contributed by atoms with van der Waals surface area (Å²) < 4.78 is 5.41. The molecule has 2 N–H and O–H groups in total. The van der Waals surface area contributed by atoms with Crippen LogP contribution in [0.25, 0.3) is 0 Å². The molecule has 8 nitrogen and oxygen atoms in total. The molecule has 1 heterocycles. The Bertz CT molecular complexity index is 996. The van der Waals surface area contributed by atoms with E-state index in [9.17, 15) is 24.3 Å². The van der Waals surface area contributed by atoms with Crippen LogP contribution in [0.3, 0.4) is 0 Å². The number of ketones is 2. The van der Waals surface area contributed by atoms with Gasteiger partial charge < -0.3 is 20.1 Å². The molecule has 0 aromatic rings. The first-order chi connectivity index (χ1) is 17.9. The van der Waals surface area contributed by atoms with E-state index in [-0.39, 0.29) is 47.6 Å². The van der Waals surface area contributed by atoms with Crippen molar-refractivity contribution in [3.63, 3.8) is 0 Å². The molecule has 1 saturated heterocycles. The van der Waals surface area contributed by atoms with Crippen LogP contribution in [0, 0.1) is 40.9 Å². The topological polar surface area (TPSA) is 113 Å². The van der Waals surface area contributed by atoms with E-state index >= 15 is 0 Å². The van der Waals surface area contributed by atoms with Crippen LogP contribution in [0.4, 0.5) is 4.79 Å². The van der Waals surface area contributed by atoms with Crippen molar-refractivity contribution in [1.29, 1.82) is 0 Å². The lowest BCUT2D eigenvalue weighted by molar-refractivity contribution is -0.144. The van der Waals surface area contributed by atoms with E-state index in [2.05, 4.69) is 31.7 Å². The number of rotatable bonds is 12. The number of nitrogens with zero attached hydrogens (tertiary/aromatic N) is 1. The smallest absolute Gasteiger partial charge is 0.408 e. The van der Waals surface area contributed by atoms with E-state index < -0.39 is 41.2 Å². The number of alkyl carbamates (subject to hydrolysis) is 1. The first-order valence-corrected chi connectivity index (χ1v) is 13.9. The molecule has 1 saturated carbocycles. The van der Waals surface area contributed by atoms with Crippen molar-refractivity contribution in [3.05, 3.63) is 12.7 Å². The predicted octanol–water partition coefficient (Wildman–Crippen LogP) is 4.29. The molecular formula is C31H48N2O6. The van der Waals surface area contributed by atoms with Crippen molar-refractivity contribution < 1.29 is 29.0 Å². The van der Waals surface area contributed by atoms with E-state index in [0.29, 0.717) is 25.8 Å². The zero-order valence-electron chi connectivity index (χ0n) is 25.0. The van der Waals surface area contributed by atoms with Gasteiger partial charge in [-0.3, -0.25) is 14.4 Å². The number of piperidine rings is 1. The van der Waals surface area contributed by atoms with Crippen molar-refractivity contribution in [2.75, 3.05) is 6.54 Å². The summed E-state index contributed by atoms with van der Waals surface area (Å²) in [7, 11) is 0. The van der Waals surface area contributed by atoms with E-state index in [1.807, 2.05) is 20.8 Å². The number of fused-ring (bicyclic) bond motifs is 1. The van der Waals surface area contributed by atoms with Gasteiger partial charge in [-0.1, -0.05) is 40.7 Å². The molecule has 1 aliphatic heterocycles. The van der Waals surface area contributed by atoms with Gasteiger partial charge in [0, 0.05) is 25.8 Å². The van der Waals surface area contributed by atoms with Gasteiger partial charge in [-0.15, -0.1) is 18.9 Å². The van der Waals surface area contributed by atoms with Crippen molar-refractivity contribution >= 4 is 23.6 Å². The molecule has 218 valence electrons. The van der Waals surface area contributed by atoms with Gasteiger partial charge in [0.05, 0.1) is 6.04 Å². The van der Waals surface area contributed by atoms with E-state index in [1.165, 1.54) is 0 Å². The summed E-state index contributed by atoms with van der Waals surface area (Å²) in [5.74, 6) is 1.15. The Morgan fingerprint density at radius 1 is 1.21 bits per heavy atom. The fourth-order valence-electron chi connectivity index (χ4n) is 5.80. The van der Waals surface area contributed by atoms with Gasteiger partial charge in [-0.25, -0.2) is 4.79 Å². The number of allylic oxidation sites excluding steroid dienone is 1. The molecule has 3 unspecified atom stereocenters. The molecule has 0 bridgehead atoms. The van der Waals surface area contributed by atoms with Crippen LogP contribution in [-0.2, 0) is 19.1 Å². The third kappa shape index (κ3) is 7.94. The van der Waals surface area contributed by atoms with Gasteiger partial charge in [0.1, 0.15) is 17.7 Å². The van der Waals surface area contributed by atoms with Crippen LogP contribution in [0.15, 0.2) is 12.7 Å². The van der Waals surface area contributed by atoms with Gasteiger partial charge in [0.2, 0.25) is 5.91 Å². The summed E-state index contributed by atoms with van der Waals surface area (Å²) in [6, 6.07) is -1.61. The molecule has 0 aromatic carbocycles. The lowest BCUT2D eigenvalue weighted by atomic mass is 9.83. The summed E-state index contributed by atoms with van der Waals surface area (Å²) >= 11 is 0. The predicted molar refractivity (Wildman–Crippen MR) is 151 cm³/mol. The van der Waals surface area contributed by atoms with Crippen molar-refractivity contribution in [1.82, 2.24) is 10.2 Å². The first kappa shape index (κ1) is 32.6. The number of carbonyl (C=O) groups is 4. The maximum absolute atomic E-state index is 14.0. The number of terminal acetylenes is 1. The summed E-state index contributed by atoms with van der Waals surface area (Å²) in [5.41, 5.74) is -1.49. The average molecular weight is 545 g/mol. The second-order valence-corrected chi connectivity index (χ2v) is 13.7. The fraction of sp³-hybridized carbons (Fsp3) is 0.742. The Hall–Kier alpha value is -2.66. The van der Waals surface area contributed by atoms with Crippen molar-refractivity contribution in [2.45, 2.75) is 111 Å². The SMILES string of the molecule is C#CCCC(CC(=O)[C@@H]1[C@@H]2C(CN1C(=O)[C@@H](NC(=O)OC(C)(C)C)C(C)(C)C)C2(C)C)C(O)C(=O)CCC=C. The Morgan fingerprint density at radius 2 is 1.82 bits per heavy atom. The maximum atomic E-state index is 14.0. The highest BCUT2D eigenvalue weighted by molar-refractivity contribution is 5.94. The summed E-state index contributed by atoms with van der Waals surface area (Å²) in [5, 5.41) is 13.6. The fourth-order valence-corrected chi connectivity index (χ4v) is 5.80. The molecule has 0 radical (unpaired) electrons. The van der Waals surface area contributed by atoms with Gasteiger partial charge in [-0.2, -0.15) is 0 Å². The molecular weight excluding hydrogens is 496 g/mol. The van der Waals surface area contributed by atoms with Crippen LogP contribution in [0.2, 0.25) is 0 Å². The largest absolute Gasteiger partial charge is 0.444 e. The number of amides is 2. The Labute approximate surface area is 234 Å². The molecule has 8 heteroatoms. The monoisotopic (exact) mass is 544 g/mol. The molecule has 2 aliphatic rings. The zero-order valence-corrected chi connectivity index (χ0v) is 25.0. The molecule has 6 atom stereocenters. The minimum atomic E-state index is -1.31. The molecule has 0 aromatic heterocycles. The highest BCUT2D eigenvalue weighted by Gasteiger charge is 2.69. The van der Waals surface area contributed by atoms with Crippen molar-refractivity contribution in [3.8, 4) is 12.3 Å². The van der Waals surface area contributed by atoms with Gasteiger partial charge in [0.15, 0.2) is 11.6 Å².